The maximum absolute atomic E-state index is 11.7. The number of hydrogen-bond acceptors (Lipinski definition) is 2. The molecule has 2 aromatic rings. The van der Waals surface area contributed by atoms with E-state index in [0.717, 1.165) is 11.1 Å². The van der Waals surface area contributed by atoms with Gasteiger partial charge in [0.1, 0.15) is 0 Å². The summed E-state index contributed by atoms with van der Waals surface area (Å²) in [5, 5.41) is 2.31. The van der Waals surface area contributed by atoms with Gasteiger partial charge in [0.05, 0.1) is 11.1 Å². The predicted octanol–water partition coefficient (Wildman–Crippen LogP) is -0.646. The van der Waals surface area contributed by atoms with Crippen LogP contribution in [0.2, 0.25) is 0 Å². The van der Waals surface area contributed by atoms with Crippen LogP contribution < -0.4 is 56.7 Å². The van der Waals surface area contributed by atoms with Crippen LogP contribution >= 0.6 is 0 Å². The van der Waals surface area contributed by atoms with Crippen molar-refractivity contribution in [1.29, 1.82) is 0 Å². The third-order valence-electron chi connectivity index (χ3n) is 2.85. The SMILES string of the molecule is O=C1NC(=O)c2c1cccc2-c1ccccc1.[H-].[K+]. The van der Waals surface area contributed by atoms with E-state index in [2.05, 4.69) is 5.32 Å². The normalized spacial score (nSPS) is 12.7. The molecule has 0 fully saturated rings. The second-order valence-electron chi connectivity index (χ2n) is 3.88. The first-order valence-corrected chi connectivity index (χ1v) is 5.31. The number of carbonyl (C=O) groups is 2. The minimum absolute atomic E-state index is 0. The minimum atomic E-state index is -0.317. The summed E-state index contributed by atoms with van der Waals surface area (Å²) in [7, 11) is 0. The van der Waals surface area contributed by atoms with Crippen molar-refractivity contribution >= 4 is 11.8 Å². The Morgan fingerprint density at radius 2 is 1.44 bits per heavy atom. The summed E-state index contributed by atoms with van der Waals surface area (Å²) in [6.45, 7) is 0. The number of fused-ring (bicyclic) bond motifs is 1. The molecule has 0 saturated heterocycles. The molecule has 2 amide bonds. The van der Waals surface area contributed by atoms with Crippen molar-refractivity contribution in [2.75, 3.05) is 0 Å². The smallest absolute Gasteiger partial charge is 1.00 e. The fourth-order valence-electron chi connectivity index (χ4n) is 2.08. The van der Waals surface area contributed by atoms with Crippen molar-refractivity contribution in [1.82, 2.24) is 5.32 Å². The van der Waals surface area contributed by atoms with Gasteiger partial charge < -0.3 is 1.43 Å². The summed E-state index contributed by atoms with van der Waals surface area (Å²) in [5.41, 5.74) is 2.67. The van der Waals surface area contributed by atoms with Crippen molar-refractivity contribution in [2.24, 2.45) is 0 Å². The van der Waals surface area contributed by atoms with Gasteiger partial charge in [0.15, 0.2) is 0 Å². The van der Waals surface area contributed by atoms with Gasteiger partial charge in [-0.05, 0) is 17.2 Å². The summed E-state index contributed by atoms with van der Waals surface area (Å²) in [4.78, 5) is 23.3. The zero-order chi connectivity index (χ0) is 11.8. The van der Waals surface area contributed by atoms with E-state index < -0.39 is 0 Å². The molecular formula is C14H10KNO2. The van der Waals surface area contributed by atoms with Gasteiger partial charge in [0.25, 0.3) is 11.8 Å². The summed E-state index contributed by atoms with van der Waals surface area (Å²) in [6.07, 6.45) is 0. The maximum atomic E-state index is 11.7. The molecule has 3 rings (SSSR count). The van der Waals surface area contributed by atoms with Gasteiger partial charge in [-0.1, -0.05) is 42.5 Å². The van der Waals surface area contributed by atoms with E-state index >= 15 is 0 Å². The van der Waals surface area contributed by atoms with Crippen molar-refractivity contribution in [2.45, 2.75) is 0 Å². The van der Waals surface area contributed by atoms with Gasteiger partial charge in [-0.15, -0.1) is 0 Å². The monoisotopic (exact) mass is 263 g/mol. The van der Waals surface area contributed by atoms with Crippen molar-refractivity contribution in [3.05, 3.63) is 59.7 Å². The Kier molecular flexibility index (Phi) is 4.14. The number of carbonyl (C=O) groups excluding carboxylic acids is 2. The first-order valence-electron chi connectivity index (χ1n) is 5.31. The van der Waals surface area contributed by atoms with Crippen LogP contribution in [0.4, 0.5) is 0 Å². The Bertz CT molecular complexity index is 629. The minimum Gasteiger partial charge on any atom is -1.00 e. The fourth-order valence-corrected chi connectivity index (χ4v) is 2.08. The van der Waals surface area contributed by atoms with Crippen LogP contribution in [0.1, 0.15) is 22.1 Å². The van der Waals surface area contributed by atoms with E-state index in [1.165, 1.54) is 0 Å². The van der Waals surface area contributed by atoms with Gasteiger partial charge >= 0.3 is 51.4 Å². The summed E-state index contributed by atoms with van der Waals surface area (Å²) < 4.78 is 0. The first-order chi connectivity index (χ1) is 8.27. The van der Waals surface area contributed by atoms with E-state index in [4.69, 9.17) is 0 Å². The number of rotatable bonds is 1. The van der Waals surface area contributed by atoms with E-state index in [1.54, 1.807) is 12.1 Å². The number of imide groups is 1. The summed E-state index contributed by atoms with van der Waals surface area (Å²) >= 11 is 0. The average Bonchev–Trinajstić information content (AvgIpc) is 2.66. The Labute approximate surface area is 148 Å². The molecule has 0 radical (unpaired) electrons. The third kappa shape index (κ3) is 2.22. The second kappa shape index (κ2) is 5.46. The van der Waals surface area contributed by atoms with E-state index in [-0.39, 0.29) is 64.6 Å². The van der Waals surface area contributed by atoms with Crippen LogP contribution in [0, 0.1) is 0 Å². The fraction of sp³-hybridized carbons (Fsp3) is 0. The van der Waals surface area contributed by atoms with Crippen LogP contribution in [-0.2, 0) is 0 Å². The Hall–Kier alpha value is -0.784. The zero-order valence-electron chi connectivity index (χ0n) is 10.9. The average molecular weight is 263 g/mol. The molecule has 0 unspecified atom stereocenters. The molecule has 18 heavy (non-hydrogen) atoms. The van der Waals surface area contributed by atoms with E-state index in [0.29, 0.717) is 11.1 Å². The van der Waals surface area contributed by atoms with E-state index in [1.807, 2.05) is 36.4 Å². The Balaban J connectivity index is 0.000000902. The third-order valence-corrected chi connectivity index (χ3v) is 2.85. The molecule has 0 saturated carbocycles. The molecule has 1 aliphatic rings. The predicted molar refractivity (Wildman–Crippen MR) is 64.8 cm³/mol. The number of nitrogens with one attached hydrogen (secondary N) is 1. The number of benzene rings is 2. The molecular weight excluding hydrogens is 253 g/mol. The molecule has 84 valence electrons. The standard InChI is InChI=1S/C14H9NO2.K.H/c16-13-11-8-4-7-10(12(11)14(17)15-13)9-5-2-1-3-6-9;;/h1-8H,(H,15,16,17);;/q;+1;-1. The molecule has 4 heteroatoms. The van der Waals surface area contributed by atoms with Gasteiger partial charge in [-0.3, -0.25) is 14.9 Å². The maximum Gasteiger partial charge on any atom is 1.00 e. The van der Waals surface area contributed by atoms with Crippen molar-refractivity contribution < 1.29 is 62.4 Å². The number of hydrogen-bond donors (Lipinski definition) is 1. The Morgan fingerprint density at radius 1 is 0.778 bits per heavy atom. The molecule has 0 bridgehead atoms. The second-order valence-corrected chi connectivity index (χ2v) is 3.88. The molecule has 3 nitrogen and oxygen atoms in total. The van der Waals surface area contributed by atoms with Gasteiger partial charge in [-0.2, -0.15) is 0 Å². The summed E-state index contributed by atoms with van der Waals surface area (Å²) in [5.74, 6) is -0.632. The molecule has 1 aliphatic heterocycles. The first kappa shape index (κ1) is 13.6. The molecule has 1 heterocycles. The van der Waals surface area contributed by atoms with Crippen molar-refractivity contribution in [3.8, 4) is 11.1 Å². The van der Waals surface area contributed by atoms with Crippen molar-refractivity contribution in [3.63, 3.8) is 0 Å². The largest absolute Gasteiger partial charge is 1.00 e. The topological polar surface area (TPSA) is 46.2 Å². The van der Waals surface area contributed by atoms with E-state index in [9.17, 15) is 9.59 Å². The molecule has 0 spiro atoms. The van der Waals surface area contributed by atoms with Gasteiger partial charge in [-0.25, -0.2) is 0 Å². The van der Waals surface area contributed by atoms with Crippen LogP contribution in [0.25, 0.3) is 11.1 Å². The molecule has 0 aromatic heterocycles. The zero-order valence-corrected chi connectivity index (χ0v) is 13.1. The van der Waals surface area contributed by atoms with Crippen LogP contribution in [-0.4, -0.2) is 11.8 Å². The summed E-state index contributed by atoms with van der Waals surface area (Å²) in [6, 6.07) is 14.9. The molecule has 0 atom stereocenters. The van der Waals surface area contributed by atoms with Crippen LogP contribution in [0.3, 0.4) is 0 Å². The molecule has 0 aliphatic carbocycles. The quantitative estimate of drug-likeness (QED) is 0.549. The van der Waals surface area contributed by atoms with Gasteiger partial charge in [0, 0.05) is 0 Å². The molecule has 2 aromatic carbocycles. The van der Waals surface area contributed by atoms with Gasteiger partial charge in [0.2, 0.25) is 0 Å². The Morgan fingerprint density at radius 3 is 2.17 bits per heavy atom. The van der Waals surface area contributed by atoms with Crippen LogP contribution in [0.5, 0.6) is 0 Å². The molecule has 1 N–H and O–H groups in total. The van der Waals surface area contributed by atoms with Crippen LogP contribution in [0.15, 0.2) is 48.5 Å². The number of amides is 2.